The number of hydrogen-bond acceptors (Lipinski definition) is 1. The summed E-state index contributed by atoms with van der Waals surface area (Å²) >= 11 is 0. The van der Waals surface area contributed by atoms with E-state index < -0.39 is 0 Å². The van der Waals surface area contributed by atoms with Crippen molar-refractivity contribution < 1.29 is 0 Å². The summed E-state index contributed by atoms with van der Waals surface area (Å²) in [5.74, 6) is 0.892. The number of nitrogens with zero attached hydrogens (tertiary/aromatic N) is 1. The highest BCUT2D eigenvalue weighted by atomic mass is 14.8. The third kappa shape index (κ3) is 0.904. The van der Waals surface area contributed by atoms with E-state index in [1.54, 1.807) is 5.56 Å². The smallest absolute Gasteiger partial charge is 0.0671 e. The van der Waals surface area contributed by atoms with Crippen molar-refractivity contribution >= 4 is 11.4 Å². The molecule has 2 fully saturated rings. The van der Waals surface area contributed by atoms with E-state index >= 15 is 0 Å². The number of fused-ring (bicyclic) bond motifs is 1. The Hall–Kier alpha value is -1.11. The maximum atomic E-state index is 4.92. The van der Waals surface area contributed by atoms with Gasteiger partial charge in [-0.2, -0.15) is 0 Å². The lowest BCUT2D eigenvalue weighted by atomic mass is 9.64. The van der Waals surface area contributed by atoms with Crippen LogP contribution in [0.4, 0.5) is 5.69 Å². The molecule has 0 amide bonds. The average molecular weight is 211 g/mol. The fraction of sp³-hybridized carbons (Fsp3) is 0.533. The molecule has 1 aromatic carbocycles. The quantitative estimate of drug-likeness (QED) is 0.615. The molecule has 0 aromatic heterocycles. The first-order valence-electron chi connectivity index (χ1n) is 6.59. The van der Waals surface area contributed by atoms with Crippen LogP contribution >= 0.6 is 0 Å². The molecular formula is C15H17N. The van der Waals surface area contributed by atoms with Crippen LogP contribution in [-0.2, 0) is 5.41 Å². The predicted octanol–water partition coefficient (Wildman–Crippen LogP) is 3.99. The monoisotopic (exact) mass is 211 g/mol. The maximum Gasteiger partial charge on any atom is 0.0671 e. The number of aliphatic imine (C=N–C) groups is 1. The molecule has 1 heteroatoms. The van der Waals surface area contributed by atoms with Gasteiger partial charge in [-0.1, -0.05) is 24.6 Å². The minimum atomic E-state index is 0.384. The van der Waals surface area contributed by atoms with Crippen LogP contribution in [0, 0.1) is 5.92 Å². The fourth-order valence-electron chi connectivity index (χ4n) is 4.35. The topological polar surface area (TPSA) is 12.4 Å². The number of hydrogen-bond donors (Lipinski definition) is 0. The molecule has 0 radical (unpaired) electrons. The minimum absolute atomic E-state index is 0.384. The summed E-state index contributed by atoms with van der Waals surface area (Å²) in [6, 6.07) is 8.84. The van der Waals surface area contributed by atoms with Crippen LogP contribution in [0.2, 0.25) is 0 Å². The zero-order valence-electron chi connectivity index (χ0n) is 9.58. The van der Waals surface area contributed by atoms with Crippen LogP contribution < -0.4 is 0 Å². The van der Waals surface area contributed by atoms with Gasteiger partial charge in [0.05, 0.1) is 5.69 Å². The second kappa shape index (κ2) is 2.97. The standard InChI is InChI=1S/C15H17N/c1-2-8-13-12(7-1)15-10-4-6-11(15)5-3-9-14(15)16-13/h1-2,7-8,11H,3-6,9-10H2/t11-,15-/m1/s1. The Balaban J connectivity index is 1.97. The van der Waals surface area contributed by atoms with Gasteiger partial charge >= 0.3 is 0 Å². The molecular weight excluding hydrogens is 194 g/mol. The fourth-order valence-corrected chi connectivity index (χ4v) is 4.35. The number of rotatable bonds is 0. The van der Waals surface area contributed by atoms with Crippen LogP contribution in [-0.4, -0.2) is 5.71 Å². The second-order valence-corrected chi connectivity index (χ2v) is 5.53. The van der Waals surface area contributed by atoms with Crippen molar-refractivity contribution in [3.63, 3.8) is 0 Å². The van der Waals surface area contributed by atoms with E-state index in [1.165, 1.54) is 49.9 Å². The highest BCUT2D eigenvalue weighted by Gasteiger charge is 2.52. The van der Waals surface area contributed by atoms with Gasteiger partial charge in [0.15, 0.2) is 0 Å². The Morgan fingerprint density at radius 3 is 3.00 bits per heavy atom. The molecule has 1 aliphatic heterocycles. The summed E-state index contributed by atoms with van der Waals surface area (Å²) in [6.07, 6.45) is 8.21. The molecule has 82 valence electrons. The Morgan fingerprint density at radius 1 is 1.12 bits per heavy atom. The Bertz CT molecular complexity index is 474. The van der Waals surface area contributed by atoms with Crippen molar-refractivity contribution in [1.82, 2.24) is 0 Å². The van der Waals surface area contributed by atoms with Gasteiger partial charge in [0.25, 0.3) is 0 Å². The second-order valence-electron chi connectivity index (χ2n) is 5.53. The molecule has 0 unspecified atom stereocenters. The summed E-state index contributed by atoms with van der Waals surface area (Å²) in [7, 11) is 0. The SMILES string of the molecule is c1ccc2c(c1)N=C1CCC[C@@H]3CCC[C@]123. The largest absolute Gasteiger partial charge is 0.257 e. The lowest BCUT2D eigenvalue weighted by Gasteiger charge is -2.38. The summed E-state index contributed by atoms with van der Waals surface area (Å²) in [6.45, 7) is 0. The molecule has 3 aliphatic rings. The number of para-hydroxylation sites is 1. The molecule has 4 rings (SSSR count). The van der Waals surface area contributed by atoms with Crippen molar-refractivity contribution in [2.45, 2.75) is 43.9 Å². The normalized spacial score (nSPS) is 35.2. The first-order chi connectivity index (χ1) is 7.91. The molecule has 2 aliphatic carbocycles. The first-order valence-corrected chi connectivity index (χ1v) is 6.59. The third-order valence-corrected chi connectivity index (χ3v) is 4.94. The molecule has 2 atom stereocenters. The van der Waals surface area contributed by atoms with Crippen molar-refractivity contribution in [2.24, 2.45) is 10.9 Å². The highest BCUT2D eigenvalue weighted by Crippen LogP contribution is 2.57. The molecule has 0 N–H and O–H groups in total. The minimum Gasteiger partial charge on any atom is -0.257 e. The third-order valence-electron chi connectivity index (χ3n) is 4.94. The van der Waals surface area contributed by atoms with Gasteiger partial charge in [0.1, 0.15) is 0 Å². The van der Waals surface area contributed by atoms with E-state index in [-0.39, 0.29) is 0 Å². The summed E-state index contributed by atoms with van der Waals surface area (Å²) < 4.78 is 0. The van der Waals surface area contributed by atoms with Crippen LogP contribution in [0.15, 0.2) is 29.3 Å². The highest BCUT2D eigenvalue weighted by molar-refractivity contribution is 6.03. The van der Waals surface area contributed by atoms with Gasteiger partial charge in [-0.05, 0) is 49.7 Å². The Kier molecular flexibility index (Phi) is 1.66. The van der Waals surface area contributed by atoms with Crippen LogP contribution in [0.1, 0.15) is 44.1 Å². The van der Waals surface area contributed by atoms with Gasteiger partial charge < -0.3 is 0 Å². The molecule has 1 spiro atoms. The van der Waals surface area contributed by atoms with Crippen molar-refractivity contribution in [2.75, 3.05) is 0 Å². The van der Waals surface area contributed by atoms with E-state index in [1.807, 2.05) is 0 Å². The maximum absolute atomic E-state index is 4.92. The number of benzene rings is 1. The Labute approximate surface area is 96.6 Å². The molecule has 1 nitrogen and oxygen atoms in total. The first kappa shape index (κ1) is 8.98. The molecule has 16 heavy (non-hydrogen) atoms. The van der Waals surface area contributed by atoms with Crippen LogP contribution in [0.5, 0.6) is 0 Å². The van der Waals surface area contributed by atoms with E-state index in [0.29, 0.717) is 5.41 Å². The molecule has 1 heterocycles. The van der Waals surface area contributed by atoms with Gasteiger partial charge in [0, 0.05) is 11.1 Å². The average Bonchev–Trinajstić information content (AvgIpc) is 2.87. The Morgan fingerprint density at radius 2 is 2.00 bits per heavy atom. The van der Waals surface area contributed by atoms with Crippen molar-refractivity contribution in [1.29, 1.82) is 0 Å². The van der Waals surface area contributed by atoms with Crippen LogP contribution in [0.3, 0.4) is 0 Å². The van der Waals surface area contributed by atoms with Crippen LogP contribution in [0.25, 0.3) is 0 Å². The predicted molar refractivity (Wildman–Crippen MR) is 66.4 cm³/mol. The summed E-state index contributed by atoms with van der Waals surface area (Å²) in [5.41, 5.74) is 4.72. The zero-order valence-corrected chi connectivity index (χ0v) is 9.58. The van der Waals surface area contributed by atoms with E-state index in [2.05, 4.69) is 24.3 Å². The molecule has 0 saturated heterocycles. The van der Waals surface area contributed by atoms with E-state index in [4.69, 9.17) is 4.99 Å². The summed E-state index contributed by atoms with van der Waals surface area (Å²) in [4.78, 5) is 4.92. The molecule has 2 saturated carbocycles. The van der Waals surface area contributed by atoms with Gasteiger partial charge in [-0.3, -0.25) is 4.99 Å². The van der Waals surface area contributed by atoms with Crippen molar-refractivity contribution in [3.8, 4) is 0 Å². The van der Waals surface area contributed by atoms with Gasteiger partial charge in [-0.25, -0.2) is 0 Å². The lowest BCUT2D eigenvalue weighted by molar-refractivity contribution is 0.354. The lowest BCUT2D eigenvalue weighted by Crippen LogP contribution is -2.40. The summed E-state index contributed by atoms with van der Waals surface area (Å²) in [5, 5.41) is 0. The van der Waals surface area contributed by atoms with Gasteiger partial charge in [0.2, 0.25) is 0 Å². The van der Waals surface area contributed by atoms with Crippen molar-refractivity contribution in [3.05, 3.63) is 29.8 Å². The zero-order chi connectivity index (χ0) is 10.6. The van der Waals surface area contributed by atoms with E-state index in [0.717, 1.165) is 5.92 Å². The molecule has 0 bridgehead atoms. The van der Waals surface area contributed by atoms with Gasteiger partial charge in [-0.15, -0.1) is 0 Å². The van der Waals surface area contributed by atoms with E-state index in [9.17, 15) is 0 Å². The molecule has 1 aromatic rings.